The van der Waals surface area contributed by atoms with Crippen LogP contribution in [0.3, 0.4) is 0 Å². The van der Waals surface area contributed by atoms with Crippen molar-refractivity contribution in [3.63, 3.8) is 0 Å². The lowest BCUT2D eigenvalue weighted by molar-refractivity contribution is -0.139. The largest absolute Gasteiger partial charge is 0.469 e. The third-order valence-corrected chi connectivity index (χ3v) is 3.57. The highest BCUT2D eigenvalue weighted by Gasteiger charge is 2.21. The smallest absolute Gasteiger partial charge is 0.313 e. The van der Waals surface area contributed by atoms with E-state index in [1.807, 2.05) is 24.6 Å². The maximum absolute atomic E-state index is 12.2. The second kappa shape index (κ2) is 5.05. The molecule has 2 rings (SSSR count). The van der Waals surface area contributed by atoms with Gasteiger partial charge in [-0.2, -0.15) is 0 Å². The molecule has 0 aliphatic rings. The molecule has 5 heteroatoms. The van der Waals surface area contributed by atoms with Gasteiger partial charge in [-0.05, 0) is 13.0 Å². The molecule has 0 fully saturated rings. The van der Waals surface area contributed by atoms with E-state index in [-0.39, 0.29) is 12.2 Å². The van der Waals surface area contributed by atoms with Crippen molar-refractivity contribution in [1.29, 1.82) is 0 Å². The molecule has 1 aromatic heterocycles. The number of rotatable bonds is 3. The molecule has 0 atom stereocenters. The van der Waals surface area contributed by atoms with E-state index in [4.69, 9.17) is 11.6 Å². The molecule has 1 aromatic carbocycles. The number of ether oxygens (including phenoxy) is 1. The molecule has 0 amide bonds. The van der Waals surface area contributed by atoms with Crippen LogP contribution >= 0.6 is 11.6 Å². The number of Topliss-reactive ketones (excluding diaryl/α,β-unsaturated/α-hetero) is 1. The van der Waals surface area contributed by atoms with Gasteiger partial charge in [0.25, 0.3) is 0 Å². The van der Waals surface area contributed by atoms with Crippen LogP contribution in [0.5, 0.6) is 0 Å². The van der Waals surface area contributed by atoms with Crippen molar-refractivity contribution in [3.8, 4) is 0 Å². The van der Waals surface area contributed by atoms with E-state index >= 15 is 0 Å². The first kappa shape index (κ1) is 13.6. The number of carbonyl (C=O) groups is 2. The Kier molecular flexibility index (Phi) is 3.62. The Morgan fingerprint density at radius 3 is 2.68 bits per heavy atom. The van der Waals surface area contributed by atoms with Crippen LogP contribution in [-0.4, -0.2) is 23.4 Å². The standard InChI is InChI=1S/C14H14ClNO3/c1-8-13(11(17)7-12(18)19-3)9-5-4-6-10(15)14(9)16(8)2/h4-6H,7H2,1-3H3. The number of para-hydroxylation sites is 1. The second-order valence-electron chi connectivity index (χ2n) is 4.33. The van der Waals surface area contributed by atoms with Gasteiger partial charge in [0.05, 0.1) is 17.6 Å². The first-order chi connectivity index (χ1) is 8.97. The normalized spacial score (nSPS) is 10.7. The summed E-state index contributed by atoms with van der Waals surface area (Å²) in [6.07, 6.45) is -0.261. The van der Waals surface area contributed by atoms with E-state index in [2.05, 4.69) is 4.74 Å². The van der Waals surface area contributed by atoms with Gasteiger partial charge < -0.3 is 9.30 Å². The Morgan fingerprint density at radius 2 is 2.05 bits per heavy atom. The average molecular weight is 280 g/mol. The number of methoxy groups -OCH3 is 1. The quantitative estimate of drug-likeness (QED) is 0.493. The summed E-state index contributed by atoms with van der Waals surface area (Å²) in [5, 5.41) is 1.35. The number of aromatic nitrogens is 1. The predicted octanol–water partition coefficient (Wildman–Crippen LogP) is 2.89. The number of halogens is 1. The molecule has 2 aromatic rings. The molecule has 0 saturated carbocycles. The minimum Gasteiger partial charge on any atom is -0.469 e. The van der Waals surface area contributed by atoms with Crippen molar-refractivity contribution in [1.82, 2.24) is 4.57 Å². The molecule has 4 nitrogen and oxygen atoms in total. The summed E-state index contributed by atoms with van der Waals surface area (Å²) in [5.41, 5.74) is 2.12. The Hall–Kier alpha value is -1.81. The van der Waals surface area contributed by atoms with E-state index in [9.17, 15) is 9.59 Å². The molecule has 0 aliphatic heterocycles. The van der Waals surface area contributed by atoms with Gasteiger partial charge >= 0.3 is 5.97 Å². The van der Waals surface area contributed by atoms with Crippen LogP contribution in [0, 0.1) is 6.92 Å². The maximum atomic E-state index is 12.2. The van der Waals surface area contributed by atoms with E-state index < -0.39 is 5.97 Å². The van der Waals surface area contributed by atoms with Crippen molar-refractivity contribution in [2.75, 3.05) is 7.11 Å². The van der Waals surface area contributed by atoms with E-state index in [0.717, 1.165) is 16.6 Å². The molecule has 19 heavy (non-hydrogen) atoms. The van der Waals surface area contributed by atoms with E-state index in [1.165, 1.54) is 7.11 Å². The number of hydrogen-bond acceptors (Lipinski definition) is 3. The van der Waals surface area contributed by atoms with Crippen molar-refractivity contribution >= 4 is 34.3 Å². The molecule has 1 heterocycles. The number of esters is 1. The zero-order valence-electron chi connectivity index (χ0n) is 11.0. The highest BCUT2D eigenvalue weighted by Crippen LogP contribution is 2.31. The number of carbonyl (C=O) groups excluding carboxylic acids is 2. The summed E-state index contributed by atoms with van der Waals surface area (Å²) in [6, 6.07) is 5.40. The van der Waals surface area contributed by atoms with E-state index in [1.54, 1.807) is 12.1 Å². The van der Waals surface area contributed by atoms with Crippen molar-refractivity contribution < 1.29 is 14.3 Å². The number of nitrogens with zero attached hydrogens (tertiary/aromatic N) is 1. The van der Waals surface area contributed by atoms with Crippen LogP contribution in [0.25, 0.3) is 10.9 Å². The fourth-order valence-corrected chi connectivity index (χ4v) is 2.53. The minimum absolute atomic E-state index is 0.253. The Bertz CT molecular complexity index is 673. The van der Waals surface area contributed by atoms with Gasteiger partial charge in [-0.3, -0.25) is 9.59 Å². The number of hydrogen-bond donors (Lipinski definition) is 0. The van der Waals surface area contributed by atoms with Gasteiger partial charge in [0, 0.05) is 23.7 Å². The highest BCUT2D eigenvalue weighted by molar-refractivity contribution is 6.36. The molecular weight excluding hydrogens is 266 g/mol. The molecule has 0 unspecified atom stereocenters. The van der Waals surface area contributed by atoms with Crippen LogP contribution in [0.2, 0.25) is 5.02 Å². The van der Waals surface area contributed by atoms with Crippen LogP contribution in [-0.2, 0) is 16.6 Å². The molecular formula is C14H14ClNO3. The summed E-state index contributed by atoms with van der Waals surface area (Å²) in [6.45, 7) is 1.83. The lowest BCUT2D eigenvalue weighted by Crippen LogP contribution is -2.10. The zero-order chi connectivity index (χ0) is 14.2. The monoisotopic (exact) mass is 279 g/mol. The third-order valence-electron chi connectivity index (χ3n) is 3.27. The summed E-state index contributed by atoms with van der Waals surface area (Å²) < 4.78 is 6.40. The SMILES string of the molecule is COC(=O)CC(=O)c1c(C)n(C)c2c(Cl)cccc12. The van der Waals surface area contributed by atoms with Gasteiger partial charge in [0.2, 0.25) is 0 Å². The first-order valence-corrected chi connectivity index (χ1v) is 6.18. The third kappa shape index (κ3) is 2.24. The van der Waals surface area contributed by atoms with Gasteiger partial charge in [0.1, 0.15) is 6.42 Å². The average Bonchev–Trinajstić information content (AvgIpc) is 2.63. The number of benzene rings is 1. The highest BCUT2D eigenvalue weighted by atomic mass is 35.5. The fourth-order valence-electron chi connectivity index (χ4n) is 2.23. The van der Waals surface area contributed by atoms with Crippen LogP contribution in [0.15, 0.2) is 18.2 Å². The number of fused-ring (bicyclic) bond motifs is 1. The Labute approximate surface area is 115 Å². The summed E-state index contributed by atoms with van der Waals surface area (Å²) in [5.74, 6) is -0.791. The summed E-state index contributed by atoms with van der Waals surface area (Å²) in [7, 11) is 3.11. The second-order valence-corrected chi connectivity index (χ2v) is 4.74. The number of ketones is 1. The molecule has 0 bridgehead atoms. The summed E-state index contributed by atoms with van der Waals surface area (Å²) in [4.78, 5) is 23.5. The van der Waals surface area contributed by atoms with Crippen molar-refractivity contribution in [2.24, 2.45) is 7.05 Å². The Balaban J connectivity index is 2.61. The summed E-state index contributed by atoms with van der Waals surface area (Å²) >= 11 is 6.16. The van der Waals surface area contributed by atoms with Crippen LogP contribution in [0.4, 0.5) is 0 Å². The Morgan fingerprint density at radius 1 is 1.37 bits per heavy atom. The maximum Gasteiger partial charge on any atom is 0.313 e. The van der Waals surface area contributed by atoms with Gasteiger partial charge in [-0.15, -0.1) is 0 Å². The molecule has 0 spiro atoms. The topological polar surface area (TPSA) is 48.3 Å². The minimum atomic E-state index is -0.538. The lowest BCUT2D eigenvalue weighted by Gasteiger charge is -2.01. The predicted molar refractivity (Wildman–Crippen MR) is 73.6 cm³/mol. The van der Waals surface area contributed by atoms with Gasteiger partial charge in [-0.1, -0.05) is 23.7 Å². The van der Waals surface area contributed by atoms with Crippen molar-refractivity contribution in [3.05, 3.63) is 34.5 Å². The first-order valence-electron chi connectivity index (χ1n) is 5.81. The number of aryl methyl sites for hydroxylation is 1. The fraction of sp³-hybridized carbons (Fsp3) is 0.286. The molecule has 0 saturated heterocycles. The van der Waals surface area contributed by atoms with Crippen molar-refractivity contribution in [2.45, 2.75) is 13.3 Å². The molecule has 0 aliphatic carbocycles. The molecule has 100 valence electrons. The molecule has 0 N–H and O–H groups in total. The lowest BCUT2D eigenvalue weighted by atomic mass is 10.0. The van der Waals surface area contributed by atoms with Gasteiger partial charge in [-0.25, -0.2) is 0 Å². The van der Waals surface area contributed by atoms with Gasteiger partial charge in [0.15, 0.2) is 5.78 Å². The van der Waals surface area contributed by atoms with Crippen LogP contribution < -0.4 is 0 Å². The zero-order valence-corrected chi connectivity index (χ0v) is 11.7. The van der Waals surface area contributed by atoms with Crippen LogP contribution in [0.1, 0.15) is 22.5 Å². The molecule has 0 radical (unpaired) electrons. The van der Waals surface area contributed by atoms with E-state index in [0.29, 0.717) is 10.6 Å².